The number of carboxylic acid groups (broad SMARTS) is 1. The fourth-order valence-electron chi connectivity index (χ4n) is 1.68. The number of benzene rings is 1. The summed E-state index contributed by atoms with van der Waals surface area (Å²) in [5.74, 6) is -1.66. The number of anilines is 1. The lowest BCUT2D eigenvalue weighted by Gasteiger charge is -2.14. The number of nitrogens with one attached hydrogen (secondary N) is 1. The molecule has 0 radical (unpaired) electrons. The van der Waals surface area contributed by atoms with E-state index in [0.29, 0.717) is 0 Å². The van der Waals surface area contributed by atoms with Crippen molar-refractivity contribution in [2.24, 2.45) is 5.92 Å². The van der Waals surface area contributed by atoms with Gasteiger partial charge in [-0.25, -0.2) is 4.79 Å². The lowest BCUT2D eigenvalue weighted by molar-refractivity contribution is -0.119. The van der Waals surface area contributed by atoms with Crippen LogP contribution >= 0.6 is 23.2 Å². The molecule has 1 aromatic rings. The number of hydrogen-bond acceptors (Lipinski definition) is 2. The van der Waals surface area contributed by atoms with Crippen LogP contribution in [-0.4, -0.2) is 17.0 Å². The highest BCUT2D eigenvalue weighted by Gasteiger charge is 2.19. The van der Waals surface area contributed by atoms with Crippen LogP contribution in [0.2, 0.25) is 10.0 Å². The third-order valence-electron chi connectivity index (χ3n) is 2.70. The zero-order chi connectivity index (χ0) is 14.6. The number of halogens is 2. The molecule has 1 amide bonds. The van der Waals surface area contributed by atoms with Crippen molar-refractivity contribution >= 4 is 40.8 Å². The molecule has 0 fully saturated rings. The van der Waals surface area contributed by atoms with Gasteiger partial charge in [-0.2, -0.15) is 0 Å². The normalized spacial score (nSPS) is 12.0. The van der Waals surface area contributed by atoms with Gasteiger partial charge in [-0.15, -0.1) is 0 Å². The van der Waals surface area contributed by atoms with Crippen LogP contribution in [0.15, 0.2) is 12.1 Å². The van der Waals surface area contributed by atoms with Crippen LogP contribution in [0.3, 0.4) is 0 Å². The summed E-state index contributed by atoms with van der Waals surface area (Å²) >= 11 is 11.7. The van der Waals surface area contributed by atoms with Crippen molar-refractivity contribution in [1.29, 1.82) is 0 Å². The predicted molar refractivity (Wildman–Crippen MR) is 76.1 cm³/mol. The highest BCUT2D eigenvalue weighted by molar-refractivity contribution is 6.37. The van der Waals surface area contributed by atoms with Crippen molar-refractivity contribution in [2.75, 3.05) is 5.32 Å². The fourth-order valence-corrected chi connectivity index (χ4v) is 2.22. The smallest absolute Gasteiger partial charge is 0.337 e. The van der Waals surface area contributed by atoms with Crippen molar-refractivity contribution < 1.29 is 14.7 Å². The number of aromatic carboxylic acids is 1. The molecule has 0 aliphatic rings. The molecular formula is C13H15Cl2NO3. The minimum Gasteiger partial charge on any atom is -0.478 e. The minimum absolute atomic E-state index is 0.0894. The van der Waals surface area contributed by atoms with Gasteiger partial charge >= 0.3 is 5.97 Å². The quantitative estimate of drug-likeness (QED) is 0.862. The molecule has 1 unspecified atom stereocenters. The molecule has 0 bridgehead atoms. The molecule has 0 saturated heterocycles. The van der Waals surface area contributed by atoms with E-state index < -0.39 is 5.97 Å². The predicted octanol–water partition coefficient (Wildman–Crippen LogP) is 4.07. The monoisotopic (exact) mass is 303 g/mol. The van der Waals surface area contributed by atoms with Gasteiger partial charge in [-0.05, 0) is 18.6 Å². The van der Waals surface area contributed by atoms with E-state index in [1.807, 2.05) is 6.92 Å². The number of hydrogen-bond donors (Lipinski definition) is 2. The number of carbonyl (C=O) groups excluding carboxylic acids is 1. The Morgan fingerprint density at radius 2 is 2.00 bits per heavy atom. The summed E-state index contributed by atoms with van der Waals surface area (Å²) in [6.45, 7) is 3.75. The standard InChI is InChI=1S/C13H15Cl2NO3/c1-3-4-7(2)12(17)16-11-9(13(18)19)5-8(14)6-10(11)15/h5-7H,3-4H2,1-2H3,(H,16,17)(H,18,19). The first-order valence-electron chi connectivity index (χ1n) is 5.90. The molecule has 0 spiro atoms. The van der Waals surface area contributed by atoms with Crippen molar-refractivity contribution in [2.45, 2.75) is 26.7 Å². The van der Waals surface area contributed by atoms with E-state index >= 15 is 0 Å². The molecule has 0 heterocycles. The van der Waals surface area contributed by atoms with E-state index in [9.17, 15) is 9.59 Å². The van der Waals surface area contributed by atoms with Crippen LogP contribution in [0, 0.1) is 5.92 Å². The molecule has 1 rings (SSSR count). The Morgan fingerprint density at radius 1 is 1.37 bits per heavy atom. The van der Waals surface area contributed by atoms with E-state index in [-0.39, 0.29) is 33.1 Å². The first-order chi connectivity index (χ1) is 8.86. The number of rotatable bonds is 5. The van der Waals surface area contributed by atoms with Gasteiger partial charge in [0.15, 0.2) is 0 Å². The highest BCUT2D eigenvalue weighted by atomic mass is 35.5. The topological polar surface area (TPSA) is 66.4 Å². The molecule has 0 saturated carbocycles. The summed E-state index contributed by atoms with van der Waals surface area (Å²) in [5, 5.41) is 12.0. The molecule has 0 aliphatic heterocycles. The van der Waals surface area contributed by atoms with Crippen LogP contribution < -0.4 is 5.32 Å². The highest BCUT2D eigenvalue weighted by Crippen LogP contribution is 2.30. The fraction of sp³-hybridized carbons (Fsp3) is 0.385. The first-order valence-corrected chi connectivity index (χ1v) is 6.65. The van der Waals surface area contributed by atoms with Gasteiger partial charge in [0.2, 0.25) is 5.91 Å². The largest absolute Gasteiger partial charge is 0.478 e. The van der Waals surface area contributed by atoms with Crippen LogP contribution in [0.1, 0.15) is 37.0 Å². The maximum absolute atomic E-state index is 11.9. The zero-order valence-corrected chi connectivity index (χ0v) is 12.2. The summed E-state index contributed by atoms with van der Waals surface area (Å²) in [6, 6.07) is 2.66. The number of carboxylic acids is 1. The van der Waals surface area contributed by atoms with Gasteiger partial charge in [-0.1, -0.05) is 43.5 Å². The van der Waals surface area contributed by atoms with Gasteiger partial charge in [0.1, 0.15) is 0 Å². The van der Waals surface area contributed by atoms with Crippen molar-refractivity contribution in [3.05, 3.63) is 27.7 Å². The first kappa shape index (κ1) is 15.8. The Hall–Kier alpha value is -1.26. The Bertz CT molecular complexity index is 503. The van der Waals surface area contributed by atoms with E-state index in [1.54, 1.807) is 6.92 Å². The van der Waals surface area contributed by atoms with Gasteiger partial charge in [0.05, 0.1) is 16.3 Å². The number of carbonyl (C=O) groups is 2. The maximum atomic E-state index is 11.9. The summed E-state index contributed by atoms with van der Waals surface area (Å²) < 4.78 is 0. The second-order valence-corrected chi connectivity index (χ2v) is 5.14. The Morgan fingerprint density at radius 3 is 2.53 bits per heavy atom. The summed E-state index contributed by atoms with van der Waals surface area (Å²) in [7, 11) is 0. The molecule has 6 heteroatoms. The van der Waals surface area contributed by atoms with Crippen LogP contribution in [-0.2, 0) is 4.79 Å². The molecule has 4 nitrogen and oxygen atoms in total. The second kappa shape index (κ2) is 6.78. The average Bonchev–Trinajstić information content (AvgIpc) is 2.32. The summed E-state index contributed by atoms with van der Waals surface area (Å²) in [4.78, 5) is 23.1. The molecule has 0 aromatic heterocycles. The molecule has 104 valence electrons. The molecule has 1 aromatic carbocycles. The lowest BCUT2D eigenvalue weighted by Crippen LogP contribution is -2.22. The van der Waals surface area contributed by atoms with E-state index in [4.69, 9.17) is 28.3 Å². The number of amides is 1. The minimum atomic E-state index is -1.19. The molecule has 2 N–H and O–H groups in total. The van der Waals surface area contributed by atoms with E-state index in [0.717, 1.165) is 12.8 Å². The Balaban J connectivity index is 3.06. The van der Waals surface area contributed by atoms with E-state index in [2.05, 4.69) is 5.32 Å². The Labute approximate surface area is 121 Å². The average molecular weight is 304 g/mol. The third kappa shape index (κ3) is 4.11. The third-order valence-corrected chi connectivity index (χ3v) is 3.22. The second-order valence-electron chi connectivity index (χ2n) is 4.29. The Kier molecular flexibility index (Phi) is 5.63. The van der Waals surface area contributed by atoms with Gasteiger partial charge in [0.25, 0.3) is 0 Å². The van der Waals surface area contributed by atoms with Crippen LogP contribution in [0.4, 0.5) is 5.69 Å². The molecule has 1 atom stereocenters. The molecular weight excluding hydrogens is 289 g/mol. The summed E-state index contributed by atoms with van der Waals surface area (Å²) in [6.07, 6.45) is 1.59. The maximum Gasteiger partial charge on any atom is 0.337 e. The lowest BCUT2D eigenvalue weighted by atomic mass is 10.0. The molecule has 0 aliphatic carbocycles. The summed E-state index contributed by atoms with van der Waals surface area (Å²) in [5.41, 5.74) is -0.0268. The van der Waals surface area contributed by atoms with Crippen molar-refractivity contribution in [3.8, 4) is 0 Å². The van der Waals surface area contributed by atoms with Crippen LogP contribution in [0.5, 0.6) is 0 Å². The van der Waals surface area contributed by atoms with Gasteiger partial charge in [-0.3, -0.25) is 4.79 Å². The van der Waals surface area contributed by atoms with Crippen molar-refractivity contribution in [1.82, 2.24) is 0 Å². The van der Waals surface area contributed by atoms with Gasteiger partial charge < -0.3 is 10.4 Å². The SMILES string of the molecule is CCCC(C)C(=O)Nc1c(Cl)cc(Cl)cc1C(=O)O. The van der Waals surface area contributed by atoms with Crippen LogP contribution in [0.25, 0.3) is 0 Å². The molecule has 19 heavy (non-hydrogen) atoms. The van der Waals surface area contributed by atoms with Gasteiger partial charge in [0, 0.05) is 10.9 Å². The van der Waals surface area contributed by atoms with E-state index in [1.165, 1.54) is 12.1 Å². The van der Waals surface area contributed by atoms with Crippen molar-refractivity contribution in [3.63, 3.8) is 0 Å². The zero-order valence-electron chi connectivity index (χ0n) is 10.7.